The summed E-state index contributed by atoms with van der Waals surface area (Å²) in [7, 11) is 0. The second-order valence-corrected chi connectivity index (χ2v) is 5.45. The van der Waals surface area contributed by atoms with E-state index >= 15 is 0 Å². The molecule has 0 unspecified atom stereocenters. The van der Waals surface area contributed by atoms with Gasteiger partial charge in [-0.15, -0.1) is 0 Å². The van der Waals surface area contributed by atoms with E-state index in [4.69, 9.17) is 0 Å². The molecule has 2 amide bonds. The minimum atomic E-state index is -0.670. The molecule has 0 radical (unpaired) electrons. The van der Waals surface area contributed by atoms with Gasteiger partial charge in [0.2, 0.25) is 0 Å². The van der Waals surface area contributed by atoms with Crippen molar-refractivity contribution < 1.29 is 14.8 Å². The quantitative estimate of drug-likeness (QED) is 0.629. The Kier molecular flexibility index (Phi) is 5.86. The first-order valence-corrected chi connectivity index (χ1v) is 7.48. The van der Waals surface area contributed by atoms with Crippen molar-refractivity contribution in [3.63, 3.8) is 0 Å². The number of carbonyl (C=O) groups excluding carboxylic acids is 1. The number of non-ortho nitro benzene ring substituents is 1. The molecule has 0 aromatic heterocycles. The Balaban J connectivity index is 2.07. The molecule has 2 aromatic carbocycles. The van der Waals surface area contributed by atoms with E-state index in [1.807, 2.05) is 30.3 Å². The number of aliphatic hydroxyl groups is 1. The first-order chi connectivity index (χ1) is 11.5. The van der Waals surface area contributed by atoms with Crippen molar-refractivity contribution in [3.05, 3.63) is 70.3 Å². The summed E-state index contributed by atoms with van der Waals surface area (Å²) in [5, 5.41) is 23.0. The van der Waals surface area contributed by atoms with Crippen molar-refractivity contribution >= 4 is 17.4 Å². The zero-order valence-corrected chi connectivity index (χ0v) is 13.3. The number of hydrogen-bond acceptors (Lipinski definition) is 4. The molecule has 0 saturated carbocycles. The zero-order valence-electron chi connectivity index (χ0n) is 13.3. The number of carbonyl (C=O) groups is 1. The number of rotatable bonds is 6. The molecule has 0 spiro atoms. The van der Waals surface area contributed by atoms with Gasteiger partial charge in [-0.2, -0.15) is 0 Å². The highest BCUT2D eigenvalue weighted by Crippen LogP contribution is 2.16. The second kappa shape index (κ2) is 8.07. The number of benzene rings is 2. The number of amides is 2. The van der Waals surface area contributed by atoms with E-state index in [1.54, 1.807) is 6.92 Å². The molecule has 0 saturated heterocycles. The molecular formula is C17H19N3O4. The minimum Gasteiger partial charge on any atom is -0.392 e. The van der Waals surface area contributed by atoms with E-state index in [1.165, 1.54) is 29.2 Å². The van der Waals surface area contributed by atoms with Crippen molar-refractivity contribution in [1.29, 1.82) is 0 Å². The summed E-state index contributed by atoms with van der Waals surface area (Å²) in [4.78, 5) is 24.1. The average molecular weight is 329 g/mol. The normalized spacial score (nSPS) is 11.6. The number of nitro groups is 1. The second-order valence-electron chi connectivity index (χ2n) is 5.45. The molecule has 0 aliphatic carbocycles. The third-order valence-corrected chi connectivity index (χ3v) is 3.32. The fourth-order valence-electron chi connectivity index (χ4n) is 2.21. The van der Waals surface area contributed by atoms with Crippen molar-refractivity contribution in [2.45, 2.75) is 19.6 Å². The van der Waals surface area contributed by atoms with Gasteiger partial charge >= 0.3 is 6.03 Å². The number of urea groups is 1. The highest BCUT2D eigenvalue weighted by atomic mass is 16.6. The Bertz CT molecular complexity index is 687. The smallest absolute Gasteiger partial charge is 0.322 e. The van der Waals surface area contributed by atoms with E-state index < -0.39 is 11.0 Å². The fraction of sp³-hybridized carbons (Fsp3) is 0.235. The Morgan fingerprint density at radius 1 is 1.21 bits per heavy atom. The third kappa shape index (κ3) is 5.06. The van der Waals surface area contributed by atoms with Crippen LogP contribution in [0.2, 0.25) is 0 Å². The van der Waals surface area contributed by atoms with Crippen LogP contribution in [0.4, 0.5) is 16.2 Å². The van der Waals surface area contributed by atoms with Gasteiger partial charge in [0.15, 0.2) is 0 Å². The van der Waals surface area contributed by atoms with Crippen LogP contribution in [0.25, 0.3) is 0 Å². The molecule has 7 heteroatoms. The van der Waals surface area contributed by atoms with Gasteiger partial charge in [0.25, 0.3) is 5.69 Å². The van der Waals surface area contributed by atoms with Crippen LogP contribution in [0.1, 0.15) is 12.5 Å². The number of anilines is 1. The van der Waals surface area contributed by atoms with Crippen molar-refractivity contribution in [3.8, 4) is 0 Å². The summed E-state index contributed by atoms with van der Waals surface area (Å²) in [5.41, 5.74) is 1.35. The molecule has 0 fully saturated rings. The maximum Gasteiger partial charge on any atom is 0.322 e. The minimum absolute atomic E-state index is 0.0434. The van der Waals surface area contributed by atoms with Crippen LogP contribution in [0.15, 0.2) is 54.6 Å². The molecule has 126 valence electrons. The number of aliphatic hydroxyl groups excluding tert-OH is 1. The van der Waals surface area contributed by atoms with Gasteiger partial charge < -0.3 is 15.3 Å². The van der Waals surface area contributed by atoms with Crippen molar-refractivity contribution in [2.75, 3.05) is 11.9 Å². The van der Waals surface area contributed by atoms with Crippen molar-refractivity contribution in [1.82, 2.24) is 4.90 Å². The monoisotopic (exact) mass is 329 g/mol. The standard InChI is InChI=1S/C17H19N3O4/c1-13(21)11-19(12-14-5-3-2-4-6-14)17(22)18-15-7-9-16(10-8-15)20(23)24/h2-10,13,21H,11-12H2,1H3,(H,18,22)/t13-/m0/s1. The van der Waals surface area contributed by atoms with Gasteiger partial charge in [-0.1, -0.05) is 30.3 Å². The Hall–Kier alpha value is -2.93. The fourth-order valence-corrected chi connectivity index (χ4v) is 2.21. The summed E-state index contributed by atoms with van der Waals surface area (Å²) >= 11 is 0. The molecule has 2 rings (SSSR count). The van der Waals surface area contributed by atoms with Crippen LogP contribution in [0.3, 0.4) is 0 Å². The summed E-state index contributed by atoms with van der Waals surface area (Å²) in [6.45, 7) is 2.13. The molecule has 7 nitrogen and oxygen atoms in total. The van der Waals surface area contributed by atoms with Gasteiger partial charge in [-0.25, -0.2) is 4.79 Å². The Labute approximate surface area is 139 Å². The van der Waals surface area contributed by atoms with Crippen LogP contribution in [0.5, 0.6) is 0 Å². The lowest BCUT2D eigenvalue weighted by atomic mass is 10.2. The Morgan fingerprint density at radius 2 is 1.83 bits per heavy atom. The lowest BCUT2D eigenvalue weighted by Crippen LogP contribution is -2.39. The van der Waals surface area contributed by atoms with Crippen LogP contribution in [0, 0.1) is 10.1 Å². The Morgan fingerprint density at radius 3 is 2.38 bits per heavy atom. The lowest BCUT2D eigenvalue weighted by molar-refractivity contribution is -0.384. The molecule has 2 aromatic rings. The van der Waals surface area contributed by atoms with E-state index in [9.17, 15) is 20.0 Å². The molecule has 0 aliphatic heterocycles. The molecule has 0 heterocycles. The first kappa shape index (κ1) is 17.4. The van der Waals surface area contributed by atoms with E-state index in [2.05, 4.69) is 5.32 Å². The average Bonchev–Trinajstić information content (AvgIpc) is 2.55. The molecule has 2 N–H and O–H groups in total. The number of nitrogens with zero attached hydrogens (tertiary/aromatic N) is 2. The third-order valence-electron chi connectivity index (χ3n) is 3.32. The van der Waals surface area contributed by atoms with Gasteiger partial charge in [0, 0.05) is 30.9 Å². The van der Waals surface area contributed by atoms with Crippen LogP contribution in [-0.4, -0.2) is 33.6 Å². The van der Waals surface area contributed by atoms with E-state index in [0.717, 1.165) is 5.56 Å². The summed E-state index contributed by atoms with van der Waals surface area (Å²) in [6.07, 6.45) is -0.670. The zero-order chi connectivity index (χ0) is 17.5. The molecule has 24 heavy (non-hydrogen) atoms. The number of hydrogen-bond donors (Lipinski definition) is 2. The molecule has 0 aliphatic rings. The SMILES string of the molecule is C[C@H](O)CN(Cc1ccccc1)C(=O)Nc1ccc([N+](=O)[O-])cc1. The first-order valence-electron chi connectivity index (χ1n) is 7.48. The maximum absolute atomic E-state index is 12.4. The van der Waals surface area contributed by atoms with E-state index in [0.29, 0.717) is 12.2 Å². The van der Waals surface area contributed by atoms with Gasteiger partial charge in [-0.05, 0) is 24.6 Å². The largest absolute Gasteiger partial charge is 0.392 e. The molecular weight excluding hydrogens is 310 g/mol. The maximum atomic E-state index is 12.4. The van der Waals surface area contributed by atoms with Crippen LogP contribution >= 0.6 is 0 Å². The highest BCUT2D eigenvalue weighted by molar-refractivity contribution is 5.89. The lowest BCUT2D eigenvalue weighted by Gasteiger charge is -2.24. The summed E-state index contributed by atoms with van der Waals surface area (Å²) in [5.74, 6) is 0. The molecule has 1 atom stereocenters. The van der Waals surface area contributed by atoms with Gasteiger partial charge in [0.1, 0.15) is 0 Å². The summed E-state index contributed by atoms with van der Waals surface area (Å²) in [6, 6.07) is 14.7. The molecule has 0 bridgehead atoms. The predicted octanol–water partition coefficient (Wildman–Crippen LogP) is 3.01. The summed E-state index contributed by atoms with van der Waals surface area (Å²) < 4.78 is 0. The topological polar surface area (TPSA) is 95.7 Å². The number of nitro benzene ring substituents is 1. The van der Waals surface area contributed by atoms with Crippen LogP contribution < -0.4 is 5.32 Å². The number of nitrogens with one attached hydrogen (secondary N) is 1. The van der Waals surface area contributed by atoms with Gasteiger partial charge in [0.05, 0.1) is 11.0 Å². The van der Waals surface area contributed by atoms with Gasteiger partial charge in [-0.3, -0.25) is 10.1 Å². The predicted molar refractivity (Wildman–Crippen MR) is 90.6 cm³/mol. The van der Waals surface area contributed by atoms with Crippen molar-refractivity contribution in [2.24, 2.45) is 0 Å². The van der Waals surface area contributed by atoms with Crippen LogP contribution in [-0.2, 0) is 6.54 Å². The van der Waals surface area contributed by atoms with E-state index in [-0.39, 0.29) is 18.3 Å². The highest BCUT2D eigenvalue weighted by Gasteiger charge is 2.16.